The van der Waals surface area contributed by atoms with Crippen LogP contribution in [0.1, 0.15) is 44.9 Å². The Bertz CT molecular complexity index is 663. The number of benzene rings is 1. The first kappa shape index (κ1) is 15.9. The first-order valence-corrected chi connectivity index (χ1v) is 9.69. The number of nitrogens with zero attached hydrogens (tertiary/aromatic N) is 2. The van der Waals surface area contributed by atoms with E-state index in [2.05, 4.69) is 39.5 Å². The fraction of sp³-hybridized carbons (Fsp3) is 0.571. The topological polar surface area (TPSA) is 28.2 Å². The molecule has 1 unspecified atom stereocenters. The van der Waals surface area contributed by atoms with Crippen LogP contribution < -0.4 is 5.32 Å². The highest BCUT2D eigenvalue weighted by Crippen LogP contribution is 2.26. The largest absolute Gasteiger partial charge is 0.381 e. The second-order valence-corrected chi connectivity index (χ2v) is 7.68. The van der Waals surface area contributed by atoms with Crippen LogP contribution in [0.15, 0.2) is 36.7 Å². The average molecular weight is 323 g/mol. The van der Waals surface area contributed by atoms with E-state index >= 15 is 0 Å². The van der Waals surface area contributed by atoms with Crippen molar-refractivity contribution in [1.29, 1.82) is 0 Å². The van der Waals surface area contributed by atoms with Crippen LogP contribution in [-0.4, -0.2) is 35.6 Å². The van der Waals surface area contributed by atoms with Crippen molar-refractivity contribution in [3.05, 3.63) is 36.7 Å². The molecule has 128 valence electrons. The molecule has 1 aromatic heterocycles. The maximum atomic E-state index is 4.20. The summed E-state index contributed by atoms with van der Waals surface area (Å²) in [6, 6.07) is 9.31. The fourth-order valence-electron chi connectivity index (χ4n) is 4.48. The van der Waals surface area contributed by atoms with Gasteiger partial charge < -0.3 is 10.2 Å². The second kappa shape index (κ2) is 7.52. The highest BCUT2D eigenvalue weighted by atomic mass is 15.2. The summed E-state index contributed by atoms with van der Waals surface area (Å²) in [5.74, 6) is 0.950. The van der Waals surface area contributed by atoms with Gasteiger partial charge in [0, 0.05) is 42.6 Å². The Labute approximate surface area is 145 Å². The molecule has 1 aliphatic carbocycles. The molecule has 3 heteroatoms. The van der Waals surface area contributed by atoms with Gasteiger partial charge in [-0.3, -0.25) is 4.98 Å². The summed E-state index contributed by atoms with van der Waals surface area (Å²) in [6.07, 6.45) is 13.7. The summed E-state index contributed by atoms with van der Waals surface area (Å²) >= 11 is 0. The van der Waals surface area contributed by atoms with E-state index in [0.717, 1.165) is 5.92 Å². The van der Waals surface area contributed by atoms with Gasteiger partial charge in [-0.25, -0.2) is 0 Å². The van der Waals surface area contributed by atoms with Crippen molar-refractivity contribution in [3.8, 4) is 0 Å². The molecular weight excluding hydrogens is 294 g/mol. The van der Waals surface area contributed by atoms with Gasteiger partial charge in [0.05, 0.1) is 0 Å². The maximum absolute atomic E-state index is 4.20. The van der Waals surface area contributed by atoms with Crippen molar-refractivity contribution in [2.45, 2.75) is 51.0 Å². The summed E-state index contributed by atoms with van der Waals surface area (Å²) < 4.78 is 0. The number of nitrogens with one attached hydrogen (secondary N) is 1. The van der Waals surface area contributed by atoms with E-state index in [9.17, 15) is 0 Å². The Kier molecular flexibility index (Phi) is 4.98. The Hall–Kier alpha value is -1.61. The van der Waals surface area contributed by atoms with Gasteiger partial charge in [0.15, 0.2) is 0 Å². The van der Waals surface area contributed by atoms with Gasteiger partial charge in [0.2, 0.25) is 0 Å². The molecule has 0 radical (unpaired) electrons. The molecule has 2 aromatic rings. The summed E-state index contributed by atoms with van der Waals surface area (Å²) in [6.45, 7) is 3.81. The number of aromatic nitrogens is 1. The number of rotatable bonds is 4. The predicted molar refractivity (Wildman–Crippen MR) is 101 cm³/mol. The lowest BCUT2D eigenvalue weighted by Crippen LogP contribution is -2.44. The van der Waals surface area contributed by atoms with Crippen molar-refractivity contribution >= 4 is 16.5 Å². The zero-order valence-corrected chi connectivity index (χ0v) is 14.6. The van der Waals surface area contributed by atoms with E-state index in [1.54, 1.807) is 0 Å². The summed E-state index contributed by atoms with van der Waals surface area (Å²) in [7, 11) is 0. The average Bonchev–Trinajstić information content (AvgIpc) is 2.63. The van der Waals surface area contributed by atoms with Crippen molar-refractivity contribution < 1.29 is 0 Å². The highest BCUT2D eigenvalue weighted by Gasteiger charge is 2.23. The SMILES string of the molecule is c1cc2cc(NC3CCCN(CC4CCCCC4)C3)ccc2cn1. The van der Waals surface area contributed by atoms with E-state index < -0.39 is 0 Å². The van der Waals surface area contributed by atoms with Crippen LogP contribution in [0, 0.1) is 5.92 Å². The van der Waals surface area contributed by atoms with Crippen molar-refractivity contribution in [1.82, 2.24) is 9.88 Å². The Morgan fingerprint density at radius 2 is 1.92 bits per heavy atom. The number of pyridine rings is 1. The molecule has 3 nitrogen and oxygen atoms in total. The van der Waals surface area contributed by atoms with Crippen LogP contribution in [0.2, 0.25) is 0 Å². The Morgan fingerprint density at radius 1 is 1.00 bits per heavy atom. The molecule has 0 spiro atoms. The molecule has 4 rings (SSSR count). The number of anilines is 1. The van der Waals surface area contributed by atoms with Gasteiger partial charge >= 0.3 is 0 Å². The minimum atomic E-state index is 0.585. The standard InChI is InChI=1S/C21H29N3/c1-2-5-17(6-3-1)15-24-12-4-7-21(16-24)23-20-9-8-19-14-22-11-10-18(19)13-20/h8-11,13-14,17,21,23H,1-7,12,15-16H2. The van der Waals surface area contributed by atoms with E-state index in [1.807, 2.05) is 12.4 Å². The number of fused-ring (bicyclic) bond motifs is 1. The van der Waals surface area contributed by atoms with Gasteiger partial charge in [-0.05, 0) is 61.7 Å². The minimum Gasteiger partial charge on any atom is -0.381 e. The fourth-order valence-corrected chi connectivity index (χ4v) is 4.48. The molecule has 0 amide bonds. The van der Waals surface area contributed by atoms with Crippen LogP contribution in [-0.2, 0) is 0 Å². The van der Waals surface area contributed by atoms with Crippen LogP contribution >= 0.6 is 0 Å². The number of hydrogen-bond acceptors (Lipinski definition) is 3. The molecular formula is C21H29N3. The molecule has 1 saturated carbocycles. The lowest BCUT2D eigenvalue weighted by Gasteiger charge is -2.36. The Balaban J connectivity index is 1.36. The molecule has 1 atom stereocenters. The quantitative estimate of drug-likeness (QED) is 0.884. The molecule has 2 heterocycles. The summed E-state index contributed by atoms with van der Waals surface area (Å²) in [5, 5.41) is 6.26. The van der Waals surface area contributed by atoms with Crippen LogP contribution in [0.5, 0.6) is 0 Å². The number of likely N-dealkylation sites (tertiary alicyclic amines) is 1. The second-order valence-electron chi connectivity index (χ2n) is 7.68. The first-order valence-electron chi connectivity index (χ1n) is 9.69. The third-order valence-corrected chi connectivity index (χ3v) is 5.76. The monoisotopic (exact) mass is 323 g/mol. The molecule has 24 heavy (non-hydrogen) atoms. The van der Waals surface area contributed by atoms with Gasteiger partial charge in [0.1, 0.15) is 0 Å². The van der Waals surface area contributed by atoms with Gasteiger partial charge in [-0.1, -0.05) is 25.3 Å². The molecule has 2 aliphatic rings. The van der Waals surface area contributed by atoms with Crippen LogP contribution in [0.3, 0.4) is 0 Å². The zero-order chi connectivity index (χ0) is 16.2. The molecule has 2 fully saturated rings. The van der Waals surface area contributed by atoms with Gasteiger partial charge in [0.25, 0.3) is 0 Å². The normalized spacial score (nSPS) is 23.4. The third kappa shape index (κ3) is 3.89. The number of piperidine rings is 1. The van der Waals surface area contributed by atoms with Crippen LogP contribution in [0.25, 0.3) is 10.8 Å². The van der Waals surface area contributed by atoms with Crippen molar-refractivity contribution in [2.75, 3.05) is 25.0 Å². The predicted octanol–water partition coefficient (Wildman–Crippen LogP) is 4.69. The minimum absolute atomic E-state index is 0.585. The third-order valence-electron chi connectivity index (χ3n) is 5.76. The molecule has 1 N–H and O–H groups in total. The summed E-state index contributed by atoms with van der Waals surface area (Å²) in [4.78, 5) is 6.91. The van der Waals surface area contributed by atoms with Crippen molar-refractivity contribution in [2.24, 2.45) is 5.92 Å². The molecule has 1 aliphatic heterocycles. The van der Waals surface area contributed by atoms with Crippen molar-refractivity contribution in [3.63, 3.8) is 0 Å². The van der Waals surface area contributed by atoms with E-state index in [4.69, 9.17) is 0 Å². The maximum Gasteiger partial charge on any atom is 0.0388 e. The molecule has 0 bridgehead atoms. The molecule has 1 saturated heterocycles. The van der Waals surface area contributed by atoms with E-state index in [1.165, 1.54) is 81.0 Å². The van der Waals surface area contributed by atoms with Crippen LogP contribution in [0.4, 0.5) is 5.69 Å². The lowest BCUT2D eigenvalue weighted by molar-refractivity contribution is 0.166. The zero-order valence-electron chi connectivity index (χ0n) is 14.6. The van der Waals surface area contributed by atoms with E-state index in [0.29, 0.717) is 6.04 Å². The Morgan fingerprint density at radius 3 is 2.83 bits per heavy atom. The van der Waals surface area contributed by atoms with Gasteiger partial charge in [-0.2, -0.15) is 0 Å². The first-order chi connectivity index (χ1) is 11.9. The molecule has 1 aromatic carbocycles. The summed E-state index contributed by atoms with van der Waals surface area (Å²) in [5.41, 5.74) is 1.25. The lowest BCUT2D eigenvalue weighted by atomic mass is 9.88. The smallest absolute Gasteiger partial charge is 0.0388 e. The number of hydrogen-bond donors (Lipinski definition) is 1. The van der Waals surface area contributed by atoms with Gasteiger partial charge in [-0.15, -0.1) is 0 Å². The van der Waals surface area contributed by atoms with E-state index in [-0.39, 0.29) is 0 Å². The highest BCUT2D eigenvalue weighted by molar-refractivity contribution is 5.84.